The first-order chi connectivity index (χ1) is 16.8. The molecule has 1 aromatic heterocycles. The summed E-state index contributed by atoms with van der Waals surface area (Å²) in [7, 11) is 0. The smallest absolute Gasteiger partial charge is 0.326 e. The fraction of sp³-hybridized carbons (Fsp3) is 0.474. The molecule has 198 valence electrons. The molecule has 1 aromatic rings. The molecule has 10 N–H and O–H groups in total. The van der Waals surface area contributed by atoms with Gasteiger partial charge in [-0.15, -0.1) is 0 Å². The first kappa shape index (κ1) is 29.5. The van der Waals surface area contributed by atoms with Crippen molar-refractivity contribution in [2.24, 2.45) is 5.73 Å². The lowest BCUT2D eigenvalue weighted by molar-refractivity contribution is -0.145. The van der Waals surface area contributed by atoms with E-state index < -0.39 is 91.4 Å². The molecule has 0 aromatic carbocycles. The van der Waals surface area contributed by atoms with E-state index in [9.17, 15) is 33.6 Å². The van der Waals surface area contributed by atoms with Gasteiger partial charge in [-0.1, -0.05) is 0 Å². The molecule has 0 bridgehead atoms. The molecule has 0 aliphatic heterocycles. The van der Waals surface area contributed by atoms with Crippen LogP contribution in [0.1, 0.15) is 31.4 Å². The van der Waals surface area contributed by atoms with Crippen LogP contribution in [0.3, 0.4) is 0 Å². The van der Waals surface area contributed by atoms with Gasteiger partial charge in [-0.25, -0.2) is 9.78 Å². The number of imidazole rings is 1. The highest BCUT2D eigenvalue weighted by atomic mass is 16.4. The Balaban J connectivity index is 2.96. The number of nitrogens with zero attached hydrogens (tertiary/aromatic N) is 1. The van der Waals surface area contributed by atoms with Gasteiger partial charge >= 0.3 is 23.9 Å². The summed E-state index contributed by atoms with van der Waals surface area (Å²) < 4.78 is 0. The molecule has 0 fully saturated rings. The predicted octanol–water partition coefficient (Wildman–Crippen LogP) is -3.37. The van der Waals surface area contributed by atoms with Crippen LogP contribution in [0.5, 0.6) is 0 Å². The third-order valence-electron chi connectivity index (χ3n) is 4.62. The quantitative estimate of drug-likeness (QED) is 0.104. The number of aromatic amines is 1. The molecule has 1 heterocycles. The number of carboxylic acids is 4. The van der Waals surface area contributed by atoms with Crippen molar-refractivity contribution in [3.8, 4) is 0 Å². The summed E-state index contributed by atoms with van der Waals surface area (Å²) in [5.41, 5.74) is 6.24. The van der Waals surface area contributed by atoms with E-state index in [4.69, 9.17) is 26.2 Å². The molecule has 0 aliphatic rings. The van der Waals surface area contributed by atoms with Gasteiger partial charge in [0.1, 0.15) is 18.1 Å². The number of amides is 3. The van der Waals surface area contributed by atoms with Crippen LogP contribution in [0, 0.1) is 0 Å². The largest absolute Gasteiger partial charge is 0.481 e. The molecule has 0 radical (unpaired) electrons. The normalized spacial score (nSPS) is 13.9. The van der Waals surface area contributed by atoms with Gasteiger partial charge in [0, 0.05) is 24.7 Å². The number of rotatable bonds is 16. The molecular formula is C19H26N6O11. The number of nitrogens with one attached hydrogen (secondary N) is 4. The molecule has 36 heavy (non-hydrogen) atoms. The third-order valence-corrected chi connectivity index (χ3v) is 4.62. The summed E-state index contributed by atoms with van der Waals surface area (Å²) in [6, 6.07) is -6.59. The number of nitrogens with two attached hydrogens (primary N) is 1. The van der Waals surface area contributed by atoms with Crippen LogP contribution in [-0.4, -0.2) is 96.2 Å². The minimum absolute atomic E-state index is 0.0375. The number of hydrogen-bond donors (Lipinski definition) is 9. The minimum atomic E-state index is -1.88. The lowest BCUT2D eigenvalue weighted by Crippen LogP contribution is -2.58. The molecule has 0 saturated carbocycles. The van der Waals surface area contributed by atoms with Crippen molar-refractivity contribution in [1.29, 1.82) is 0 Å². The van der Waals surface area contributed by atoms with Crippen molar-refractivity contribution in [2.45, 2.75) is 56.3 Å². The zero-order valence-electron chi connectivity index (χ0n) is 18.7. The molecule has 0 spiro atoms. The first-order valence-corrected chi connectivity index (χ1v) is 10.3. The van der Waals surface area contributed by atoms with E-state index in [2.05, 4.69) is 15.3 Å². The summed E-state index contributed by atoms with van der Waals surface area (Å²) >= 11 is 0. The van der Waals surface area contributed by atoms with Gasteiger partial charge in [-0.2, -0.15) is 0 Å². The van der Waals surface area contributed by atoms with Crippen LogP contribution in [-0.2, 0) is 40.0 Å². The number of aliphatic carboxylic acids is 4. The molecule has 0 aliphatic carbocycles. The van der Waals surface area contributed by atoms with Crippen molar-refractivity contribution in [3.05, 3.63) is 18.2 Å². The lowest BCUT2D eigenvalue weighted by atomic mass is 10.1. The maximum Gasteiger partial charge on any atom is 0.326 e. The van der Waals surface area contributed by atoms with E-state index in [-0.39, 0.29) is 6.42 Å². The van der Waals surface area contributed by atoms with Crippen molar-refractivity contribution < 1.29 is 54.0 Å². The van der Waals surface area contributed by atoms with Gasteiger partial charge in [-0.05, 0) is 6.42 Å². The second kappa shape index (κ2) is 14.0. The molecule has 17 nitrogen and oxygen atoms in total. The number of carbonyl (C=O) groups is 7. The van der Waals surface area contributed by atoms with Crippen molar-refractivity contribution in [1.82, 2.24) is 25.9 Å². The maximum absolute atomic E-state index is 12.7. The molecule has 17 heteroatoms. The Morgan fingerprint density at radius 2 is 1.31 bits per heavy atom. The Bertz CT molecular complexity index is 981. The molecule has 0 saturated heterocycles. The summed E-state index contributed by atoms with van der Waals surface area (Å²) in [6.07, 6.45) is -0.448. The Labute approximate surface area is 202 Å². The van der Waals surface area contributed by atoms with E-state index in [1.54, 1.807) is 0 Å². The fourth-order valence-electron chi connectivity index (χ4n) is 2.84. The summed E-state index contributed by atoms with van der Waals surface area (Å²) in [5, 5.41) is 42.1. The van der Waals surface area contributed by atoms with E-state index in [1.165, 1.54) is 12.5 Å². The molecule has 3 amide bonds. The summed E-state index contributed by atoms with van der Waals surface area (Å²) in [4.78, 5) is 88.4. The van der Waals surface area contributed by atoms with Crippen molar-refractivity contribution >= 4 is 41.6 Å². The zero-order valence-corrected chi connectivity index (χ0v) is 18.7. The average Bonchev–Trinajstić information content (AvgIpc) is 3.27. The topological polar surface area (TPSA) is 291 Å². The Morgan fingerprint density at radius 1 is 0.806 bits per heavy atom. The van der Waals surface area contributed by atoms with E-state index in [1.807, 2.05) is 10.6 Å². The fourth-order valence-corrected chi connectivity index (χ4v) is 2.84. The van der Waals surface area contributed by atoms with E-state index in [0.717, 1.165) is 0 Å². The number of aromatic nitrogens is 2. The number of hydrogen-bond acceptors (Lipinski definition) is 9. The van der Waals surface area contributed by atoms with E-state index in [0.29, 0.717) is 5.69 Å². The highest BCUT2D eigenvalue weighted by Gasteiger charge is 2.32. The standard InChI is InChI=1S/C19H26N6O11/c20-9(3-8-6-21-7-22-8)16(32)24-11(4-14(28)29)18(34)25-12(5-15(30)31)17(33)23-10(19(35)36)1-2-13(26)27/h6-7,9-12H,1-5,20H2,(H,21,22)(H,23,33)(H,24,32)(H,25,34)(H,26,27)(H,28,29)(H,30,31)(H,35,36). The summed E-state index contributed by atoms with van der Waals surface area (Å²) in [5.74, 6) is -9.50. The average molecular weight is 514 g/mol. The maximum atomic E-state index is 12.7. The van der Waals surface area contributed by atoms with Crippen LogP contribution in [0.2, 0.25) is 0 Å². The van der Waals surface area contributed by atoms with Crippen molar-refractivity contribution in [2.75, 3.05) is 0 Å². The number of carbonyl (C=O) groups excluding carboxylic acids is 3. The Hall–Kier alpha value is -4.54. The second-order valence-corrected chi connectivity index (χ2v) is 7.54. The zero-order chi connectivity index (χ0) is 27.4. The van der Waals surface area contributed by atoms with Gasteiger partial charge < -0.3 is 47.1 Å². The SMILES string of the molecule is NC(Cc1cnc[nH]1)C(=O)NC(CC(=O)O)C(=O)NC(CC(=O)O)C(=O)NC(CCC(=O)O)C(=O)O. The van der Waals surface area contributed by atoms with E-state index >= 15 is 0 Å². The van der Waals surface area contributed by atoms with Gasteiger partial charge in [-0.3, -0.25) is 28.8 Å². The highest BCUT2D eigenvalue weighted by molar-refractivity contribution is 5.96. The minimum Gasteiger partial charge on any atom is -0.481 e. The lowest BCUT2D eigenvalue weighted by Gasteiger charge is -2.23. The molecule has 1 rings (SSSR count). The van der Waals surface area contributed by atoms with Crippen LogP contribution >= 0.6 is 0 Å². The van der Waals surface area contributed by atoms with Gasteiger partial charge in [0.25, 0.3) is 0 Å². The van der Waals surface area contributed by atoms with Crippen LogP contribution in [0.25, 0.3) is 0 Å². The van der Waals surface area contributed by atoms with Gasteiger partial charge in [0.15, 0.2) is 0 Å². The molecule has 4 unspecified atom stereocenters. The third kappa shape index (κ3) is 10.6. The number of carboxylic acid groups (broad SMARTS) is 4. The monoisotopic (exact) mass is 514 g/mol. The van der Waals surface area contributed by atoms with Gasteiger partial charge in [0.05, 0.1) is 25.2 Å². The van der Waals surface area contributed by atoms with Crippen LogP contribution in [0.4, 0.5) is 0 Å². The molecular weight excluding hydrogens is 488 g/mol. The molecule has 4 atom stereocenters. The van der Waals surface area contributed by atoms with Crippen LogP contribution < -0.4 is 21.7 Å². The Kier molecular flexibility index (Phi) is 11.5. The predicted molar refractivity (Wildman–Crippen MR) is 115 cm³/mol. The second-order valence-electron chi connectivity index (χ2n) is 7.54. The highest BCUT2D eigenvalue weighted by Crippen LogP contribution is 2.04. The van der Waals surface area contributed by atoms with Crippen LogP contribution in [0.15, 0.2) is 12.5 Å². The van der Waals surface area contributed by atoms with Gasteiger partial charge in [0.2, 0.25) is 17.7 Å². The number of H-pyrrole nitrogens is 1. The first-order valence-electron chi connectivity index (χ1n) is 10.3. The summed E-state index contributed by atoms with van der Waals surface area (Å²) in [6.45, 7) is 0. The van der Waals surface area contributed by atoms with Crippen molar-refractivity contribution in [3.63, 3.8) is 0 Å². The Morgan fingerprint density at radius 3 is 1.72 bits per heavy atom.